The molecule has 11 heavy (non-hydrogen) atoms. The van der Waals surface area contributed by atoms with E-state index in [1.54, 1.807) is 11.8 Å². The zero-order valence-electron chi connectivity index (χ0n) is 7.03. The van der Waals surface area contributed by atoms with Gasteiger partial charge in [0.05, 0.1) is 12.7 Å². The summed E-state index contributed by atoms with van der Waals surface area (Å²) in [5.74, 6) is 0.555. The van der Waals surface area contributed by atoms with Crippen molar-refractivity contribution in [2.45, 2.75) is 31.2 Å². The van der Waals surface area contributed by atoms with Gasteiger partial charge in [-0.25, -0.2) is 0 Å². The third kappa shape index (κ3) is 5.49. The Morgan fingerprint density at radius 1 is 1.45 bits per heavy atom. The van der Waals surface area contributed by atoms with Gasteiger partial charge in [0.1, 0.15) is 0 Å². The number of hydrogen-bond donors (Lipinski definition) is 3. The molecule has 0 aliphatic heterocycles. The van der Waals surface area contributed by atoms with Crippen molar-refractivity contribution in [3.05, 3.63) is 0 Å². The second-order valence-electron chi connectivity index (χ2n) is 2.73. The first-order valence-electron chi connectivity index (χ1n) is 3.74. The molecule has 0 aliphatic carbocycles. The monoisotopic (exact) mass is 179 g/mol. The predicted octanol–water partition coefficient (Wildman–Crippen LogP) is -0.192. The van der Waals surface area contributed by atoms with Crippen LogP contribution in [0.5, 0.6) is 0 Å². The van der Waals surface area contributed by atoms with Gasteiger partial charge in [0.15, 0.2) is 0 Å². The average molecular weight is 179 g/mol. The van der Waals surface area contributed by atoms with E-state index in [-0.39, 0.29) is 12.6 Å². The number of hydrogen-bond acceptors (Lipinski definition) is 4. The van der Waals surface area contributed by atoms with Crippen molar-refractivity contribution in [2.24, 2.45) is 5.73 Å². The van der Waals surface area contributed by atoms with Gasteiger partial charge in [-0.1, -0.05) is 6.92 Å². The lowest BCUT2D eigenvalue weighted by atomic mass is 10.3. The fourth-order valence-electron chi connectivity index (χ4n) is 0.467. The van der Waals surface area contributed by atoms with E-state index >= 15 is 0 Å². The molecule has 3 atom stereocenters. The Labute approximate surface area is 72.0 Å². The molecule has 3 unspecified atom stereocenters. The predicted molar refractivity (Wildman–Crippen MR) is 48.7 cm³/mol. The Balaban J connectivity index is 3.37. The van der Waals surface area contributed by atoms with E-state index in [1.807, 2.05) is 13.8 Å². The number of aliphatic hydroxyl groups excluding tert-OH is 2. The molecule has 0 aromatic rings. The first kappa shape index (κ1) is 11.2. The molecule has 68 valence electrons. The molecule has 0 radical (unpaired) electrons. The number of rotatable bonds is 5. The summed E-state index contributed by atoms with van der Waals surface area (Å²) < 4.78 is 0. The fourth-order valence-corrected chi connectivity index (χ4v) is 1.40. The number of thioether (sulfide) groups is 1. The summed E-state index contributed by atoms with van der Waals surface area (Å²) in [6.45, 7) is 3.78. The summed E-state index contributed by atoms with van der Waals surface area (Å²) in [6.07, 6.45) is -0.610. The first-order chi connectivity index (χ1) is 5.07. The van der Waals surface area contributed by atoms with E-state index in [2.05, 4.69) is 0 Å². The van der Waals surface area contributed by atoms with Gasteiger partial charge in [-0.15, -0.1) is 0 Å². The Morgan fingerprint density at radius 2 is 2.00 bits per heavy atom. The van der Waals surface area contributed by atoms with Crippen molar-refractivity contribution in [1.82, 2.24) is 0 Å². The van der Waals surface area contributed by atoms with E-state index in [0.29, 0.717) is 11.0 Å². The first-order valence-corrected chi connectivity index (χ1v) is 4.79. The van der Waals surface area contributed by atoms with Crippen LogP contribution in [0.15, 0.2) is 0 Å². The Kier molecular flexibility index (Phi) is 5.95. The molecule has 0 saturated carbocycles. The Morgan fingerprint density at radius 3 is 2.36 bits per heavy atom. The van der Waals surface area contributed by atoms with Gasteiger partial charge >= 0.3 is 0 Å². The van der Waals surface area contributed by atoms with Crippen LogP contribution in [0.25, 0.3) is 0 Å². The lowest BCUT2D eigenvalue weighted by Crippen LogP contribution is -2.28. The van der Waals surface area contributed by atoms with Crippen molar-refractivity contribution in [1.29, 1.82) is 0 Å². The fraction of sp³-hybridized carbons (Fsp3) is 1.00. The number of nitrogens with two attached hydrogens (primary N) is 1. The van der Waals surface area contributed by atoms with Crippen LogP contribution in [0.3, 0.4) is 0 Å². The van der Waals surface area contributed by atoms with Crippen LogP contribution in [-0.4, -0.2) is 40.0 Å². The van der Waals surface area contributed by atoms with E-state index in [0.717, 1.165) is 0 Å². The van der Waals surface area contributed by atoms with E-state index in [9.17, 15) is 0 Å². The van der Waals surface area contributed by atoms with Crippen LogP contribution in [0.2, 0.25) is 0 Å². The van der Waals surface area contributed by atoms with Crippen molar-refractivity contribution in [3.8, 4) is 0 Å². The van der Waals surface area contributed by atoms with Gasteiger partial charge in [0, 0.05) is 17.0 Å². The zero-order valence-corrected chi connectivity index (χ0v) is 7.84. The largest absolute Gasteiger partial charge is 0.394 e. The zero-order chi connectivity index (χ0) is 8.85. The van der Waals surface area contributed by atoms with Crippen LogP contribution < -0.4 is 5.73 Å². The SMILES string of the molecule is CC(N)C(C)SCC(O)CO. The van der Waals surface area contributed by atoms with Crippen molar-refractivity contribution in [3.63, 3.8) is 0 Å². The second kappa shape index (κ2) is 5.83. The van der Waals surface area contributed by atoms with Gasteiger partial charge in [-0.2, -0.15) is 11.8 Å². The maximum atomic E-state index is 8.98. The van der Waals surface area contributed by atoms with Crippen LogP contribution >= 0.6 is 11.8 Å². The molecule has 0 aliphatic rings. The standard InChI is InChI=1S/C7H17NO2S/c1-5(8)6(2)11-4-7(10)3-9/h5-7,9-10H,3-4,8H2,1-2H3. The normalized spacial score (nSPS) is 19.4. The molecule has 0 heterocycles. The maximum Gasteiger partial charge on any atom is 0.0861 e. The summed E-state index contributed by atoms with van der Waals surface area (Å²) in [5, 5.41) is 17.8. The molecule has 0 saturated heterocycles. The number of aliphatic hydroxyl groups is 2. The summed E-state index contributed by atoms with van der Waals surface area (Å²) in [4.78, 5) is 0. The summed E-state index contributed by atoms with van der Waals surface area (Å²) >= 11 is 1.58. The van der Waals surface area contributed by atoms with Crippen molar-refractivity contribution in [2.75, 3.05) is 12.4 Å². The molecule has 0 fully saturated rings. The molecule has 3 nitrogen and oxygen atoms in total. The molecular formula is C7H17NO2S. The Bertz CT molecular complexity index is 100. The lowest BCUT2D eigenvalue weighted by Gasteiger charge is -2.16. The van der Waals surface area contributed by atoms with Gasteiger partial charge in [-0.05, 0) is 6.92 Å². The molecular weight excluding hydrogens is 162 g/mol. The summed E-state index contributed by atoms with van der Waals surface area (Å²) in [5.41, 5.74) is 5.60. The molecule has 0 aromatic carbocycles. The Hall–Kier alpha value is 0.230. The van der Waals surface area contributed by atoms with Gasteiger partial charge in [0.25, 0.3) is 0 Å². The third-order valence-electron chi connectivity index (χ3n) is 1.50. The third-order valence-corrected chi connectivity index (χ3v) is 3.03. The summed E-state index contributed by atoms with van der Waals surface area (Å²) in [7, 11) is 0. The van der Waals surface area contributed by atoms with Gasteiger partial charge in [-0.3, -0.25) is 0 Å². The second-order valence-corrected chi connectivity index (χ2v) is 4.14. The van der Waals surface area contributed by atoms with E-state index < -0.39 is 6.10 Å². The topological polar surface area (TPSA) is 66.5 Å². The van der Waals surface area contributed by atoms with Crippen LogP contribution in [0.1, 0.15) is 13.8 Å². The highest BCUT2D eigenvalue weighted by molar-refractivity contribution is 7.99. The molecule has 0 aromatic heterocycles. The van der Waals surface area contributed by atoms with Crippen molar-refractivity contribution >= 4 is 11.8 Å². The summed E-state index contributed by atoms with van der Waals surface area (Å²) in [6, 6.07) is 0.130. The van der Waals surface area contributed by atoms with E-state index in [4.69, 9.17) is 15.9 Å². The van der Waals surface area contributed by atoms with Gasteiger partial charge < -0.3 is 15.9 Å². The maximum absolute atomic E-state index is 8.98. The minimum atomic E-state index is -0.610. The van der Waals surface area contributed by atoms with E-state index in [1.165, 1.54) is 0 Å². The quantitative estimate of drug-likeness (QED) is 0.547. The minimum Gasteiger partial charge on any atom is -0.394 e. The molecule has 0 spiro atoms. The van der Waals surface area contributed by atoms with Crippen LogP contribution in [0, 0.1) is 0 Å². The molecule has 4 N–H and O–H groups in total. The molecule has 0 rings (SSSR count). The minimum absolute atomic E-state index is 0.130. The smallest absolute Gasteiger partial charge is 0.0861 e. The van der Waals surface area contributed by atoms with Crippen LogP contribution in [0.4, 0.5) is 0 Å². The molecule has 0 amide bonds. The van der Waals surface area contributed by atoms with Crippen molar-refractivity contribution < 1.29 is 10.2 Å². The molecule has 4 heteroatoms. The highest BCUT2D eigenvalue weighted by Gasteiger charge is 2.10. The highest BCUT2D eigenvalue weighted by Crippen LogP contribution is 2.13. The highest BCUT2D eigenvalue weighted by atomic mass is 32.2. The van der Waals surface area contributed by atoms with Gasteiger partial charge in [0.2, 0.25) is 0 Å². The lowest BCUT2D eigenvalue weighted by molar-refractivity contribution is 0.113. The average Bonchev–Trinajstić information content (AvgIpc) is 1.99. The molecule has 0 bridgehead atoms. The van der Waals surface area contributed by atoms with Crippen LogP contribution in [-0.2, 0) is 0 Å².